The Morgan fingerprint density at radius 2 is 1.60 bits per heavy atom. The molecule has 0 saturated heterocycles. The van der Waals surface area contributed by atoms with Gasteiger partial charge in [-0.05, 0) is 61.7 Å². The number of hydrogen-bond acceptors (Lipinski definition) is 4. The van der Waals surface area contributed by atoms with Crippen molar-refractivity contribution in [2.75, 3.05) is 13.7 Å². The summed E-state index contributed by atoms with van der Waals surface area (Å²) in [6.45, 7) is 3.28. The van der Waals surface area contributed by atoms with Crippen molar-refractivity contribution in [2.45, 2.75) is 25.9 Å². The lowest BCUT2D eigenvalue weighted by molar-refractivity contribution is -0.152. The quantitative estimate of drug-likeness (QED) is 0.324. The number of amides is 1. The third-order valence-electron chi connectivity index (χ3n) is 5.30. The summed E-state index contributed by atoms with van der Waals surface area (Å²) in [5.74, 6) is -0.741. The van der Waals surface area contributed by atoms with E-state index in [0.717, 1.165) is 11.1 Å². The third-order valence-corrected chi connectivity index (χ3v) is 6.40. The van der Waals surface area contributed by atoms with E-state index in [0.29, 0.717) is 34.9 Å². The molecule has 3 aromatic carbocycles. The van der Waals surface area contributed by atoms with E-state index in [9.17, 15) is 14.7 Å². The molecule has 35 heavy (non-hydrogen) atoms. The molecule has 0 saturated carbocycles. The fourth-order valence-corrected chi connectivity index (χ4v) is 3.92. The summed E-state index contributed by atoms with van der Waals surface area (Å²) >= 11 is 18.8. The van der Waals surface area contributed by atoms with E-state index in [1.807, 2.05) is 24.3 Å². The van der Waals surface area contributed by atoms with Crippen molar-refractivity contribution in [1.29, 1.82) is 0 Å². The minimum Gasteiger partial charge on any atom is -0.496 e. The average molecular weight is 537 g/mol. The normalized spacial score (nSPS) is 11.1. The smallest absolute Gasteiger partial charge is 0.347 e. The highest BCUT2D eigenvalue weighted by Crippen LogP contribution is 2.40. The molecule has 0 aliphatic heterocycles. The predicted molar refractivity (Wildman–Crippen MR) is 138 cm³/mol. The van der Waals surface area contributed by atoms with E-state index in [1.165, 1.54) is 21.0 Å². The van der Waals surface area contributed by atoms with E-state index in [4.69, 9.17) is 44.3 Å². The first-order chi connectivity index (χ1) is 16.5. The number of ether oxygens (including phenoxy) is 2. The van der Waals surface area contributed by atoms with Crippen LogP contribution in [0.25, 0.3) is 11.1 Å². The Balaban J connectivity index is 1.66. The maximum absolute atomic E-state index is 12.5. The molecule has 0 heterocycles. The Bertz CT molecular complexity index is 1240. The van der Waals surface area contributed by atoms with Crippen molar-refractivity contribution in [3.63, 3.8) is 0 Å². The fourth-order valence-electron chi connectivity index (χ4n) is 3.28. The molecule has 0 aliphatic carbocycles. The van der Waals surface area contributed by atoms with Crippen LogP contribution in [0.4, 0.5) is 0 Å². The van der Waals surface area contributed by atoms with Gasteiger partial charge in [-0.3, -0.25) is 4.79 Å². The number of methoxy groups -OCH3 is 1. The largest absolute Gasteiger partial charge is 0.496 e. The molecule has 0 fully saturated rings. The monoisotopic (exact) mass is 535 g/mol. The number of benzene rings is 3. The second-order valence-corrected chi connectivity index (χ2v) is 9.40. The maximum Gasteiger partial charge on any atom is 0.347 e. The zero-order valence-electron chi connectivity index (χ0n) is 19.3. The fraction of sp³-hybridized carbons (Fsp3) is 0.231. The first-order valence-electron chi connectivity index (χ1n) is 10.6. The van der Waals surface area contributed by atoms with Crippen LogP contribution in [-0.4, -0.2) is 36.2 Å². The summed E-state index contributed by atoms with van der Waals surface area (Å²) < 4.78 is 10.8. The molecule has 0 spiro atoms. The summed E-state index contributed by atoms with van der Waals surface area (Å²) in [6.07, 6.45) is 0.612. The van der Waals surface area contributed by atoms with E-state index in [-0.39, 0.29) is 21.7 Å². The molecule has 0 aromatic heterocycles. The molecule has 0 unspecified atom stereocenters. The Morgan fingerprint density at radius 3 is 2.23 bits per heavy atom. The van der Waals surface area contributed by atoms with Gasteiger partial charge in [0.05, 0.1) is 17.7 Å². The highest BCUT2D eigenvalue weighted by atomic mass is 35.5. The number of nitrogens with one attached hydrogen (secondary N) is 1. The van der Waals surface area contributed by atoms with Gasteiger partial charge in [-0.2, -0.15) is 0 Å². The molecule has 1 amide bonds. The first kappa shape index (κ1) is 26.7. The molecule has 3 rings (SSSR count). The summed E-state index contributed by atoms with van der Waals surface area (Å²) in [7, 11) is 1.50. The van der Waals surface area contributed by atoms with Gasteiger partial charge in [0.25, 0.3) is 5.91 Å². The SMILES string of the molecule is COc1ccc(Cl)cc1C(=O)NCCc1ccc(-c2ccc(OC(C)(C)C(=O)O)c(Cl)c2Cl)cc1. The average Bonchev–Trinajstić information content (AvgIpc) is 2.82. The van der Waals surface area contributed by atoms with Crippen LogP contribution in [0.3, 0.4) is 0 Å². The molecule has 6 nitrogen and oxygen atoms in total. The van der Waals surface area contributed by atoms with Gasteiger partial charge in [-0.25, -0.2) is 4.79 Å². The molecular weight excluding hydrogens is 513 g/mol. The third kappa shape index (κ3) is 6.40. The lowest BCUT2D eigenvalue weighted by Crippen LogP contribution is -2.37. The number of carbonyl (C=O) groups excluding carboxylic acids is 1. The van der Waals surface area contributed by atoms with Crippen LogP contribution in [0.5, 0.6) is 11.5 Å². The van der Waals surface area contributed by atoms with Crippen molar-refractivity contribution >= 4 is 46.7 Å². The van der Waals surface area contributed by atoms with Crippen LogP contribution in [-0.2, 0) is 11.2 Å². The summed E-state index contributed by atoms with van der Waals surface area (Å²) in [5, 5.41) is 13.0. The second kappa shape index (κ2) is 11.2. The molecule has 184 valence electrons. The van der Waals surface area contributed by atoms with Gasteiger partial charge in [0.2, 0.25) is 0 Å². The molecule has 3 aromatic rings. The highest BCUT2D eigenvalue weighted by Gasteiger charge is 2.30. The van der Waals surface area contributed by atoms with Crippen LogP contribution in [0, 0.1) is 0 Å². The minimum atomic E-state index is -1.45. The minimum absolute atomic E-state index is 0.140. The van der Waals surface area contributed by atoms with E-state index >= 15 is 0 Å². The first-order valence-corrected chi connectivity index (χ1v) is 11.8. The Labute approximate surface area is 218 Å². The zero-order chi connectivity index (χ0) is 25.8. The van der Waals surface area contributed by atoms with Crippen LogP contribution < -0.4 is 14.8 Å². The number of aliphatic carboxylic acids is 1. The van der Waals surface area contributed by atoms with Gasteiger partial charge in [0.15, 0.2) is 5.60 Å². The highest BCUT2D eigenvalue weighted by molar-refractivity contribution is 6.44. The number of carboxylic acids is 1. The number of rotatable bonds is 9. The van der Waals surface area contributed by atoms with Gasteiger partial charge in [0.1, 0.15) is 16.5 Å². The van der Waals surface area contributed by atoms with Gasteiger partial charge in [-0.15, -0.1) is 0 Å². The van der Waals surface area contributed by atoms with Crippen molar-refractivity contribution in [1.82, 2.24) is 5.32 Å². The summed E-state index contributed by atoms with van der Waals surface area (Å²) in [6, 6.07) is 15.9. The number of halogens is 3. The second-order valence-electron chi connectivity index (χ2n) is 8.20. The van der Waals surface area contributed by atoms with E-state index < -0.39 is 11.6 Å². The van der Waals surface area contributed by atoms with Crippen molar-refractivity contribution in [3.05, 3.63) is 80.8 Å². The number of carboxylic acid groups (broad SMARTS) is 1. The van der Waals surface area contributed by atoms with E-state index in [2.05, 4.69) is 5.32 Å². The standard InChI is InChI=1S/C26H24Cl3NO5/c1-26(2,25(32)33)35-21-11-9-18(22(28)23(21)29)16-6-4-15(5-7-16)12-13-30-24(31)19-14-17(27)8-10-20(19)34-3/h4-11,14H,12-13H2,1-3H3,(H,30,31)(H,32,33). The molecule has 0 atom stereocenters. The van der Waals surface area contributed by atoms with Crippen LogP contribution >= 0.6 is 34.8 Å². The summed E-state index contributed by atoms with van der Waals surface area (Å²) in [4.78, 5) is 23.8. The van der Waals surface area contributed by atoms with Crippen LogP contribution in [0.2, 0.25) is 15.1 Å². The van der Waals surface area contributed by atoms with Gasteiger partial charge in [0, 0.05) is 17.1 Å². The van der Waals surface area contributed by atoms with Crippen LogP contribution in [0.15, 0.2) is 54.6 Å². The Morgan fingerprint density at radius 1 is 0.943 bits per heavy atom. The lowest BCUT2D eigenvalue weighted by atomic mass is 10.0. The zero-order valence-corrected chi connectivity index (χ0v) is 21.6. The van der Waals surface area contributed by atoms with Crippen molar-refractivity contribution < 1.29 is 24.2 Å². The van der Waals surface area contributed by atoms with Gasteiger partial charge in [-0.1, -0.05) is 59.1 Å². The molecule has 2 N–H and O–H groups in total. The number of carbonyl (C=O) groups is 2. The van der Waals surface area contributed by atoms with Crippen molar-refractivity contribution in [2.24, 2.45) is 0 Å². The Hall–Kier alpha value is -2.93. The molecule has 0 bridgehead atoms. The van der Waals surface area contributed by atoms with Gasteiger partial charge >= 0.3 is 5.97 Å². The molecule has 0 aliphatic rings. The topological polar surface area (TPSA) is 84.9 Å². The predicted octanol–water partition coefficient (Wildman–Crippen LogP) is 6.54. The van der Waals surface area contributed by atoms with Crippen LogP contribution in [0.1, 0.15) is 29.8 Å². The number of hydrogen-bond donors (Lipinski definition) is 2. The maximum atomic E-state index is 12.5. The molecule has 9 heteroatoms. The molecule has 0 radical (unpaired) electrons. The lowest BCUT2D eigenvalue weighted by Gasteiger charge is -2.23. The molecular formula is C26H24Cl3NO5. The summed E-state index contributed by atoms with van der Waals surface area (Å²) in [5.41, 5.74) is 1.45. The Kier molecular flexibility index (Phi) is 8.54. The van der Waals surface area contributed by atoms with Crippen molar-refractivity contribution in [3.8, 4) is 22.6 Å². The van der Waals surface area contributed by atoms with Gasteiger partial charge < -0.3 is 19.9 Å². The van der Waals surface area contributed by atoms with E-state index in [1.54, 1.807) is 30.3 Å².